The number of β-amino-alcohol motifs (C(OH)–C–C–N with tert-alkyl or cyclic N) is 1. The zero-order chi connectivity index (χ0) is 26.0. The molecule has 37 heavy (non-hydrogen) atoms. The van der Waals surface area contributed by atoms with Gasteiger partial charge in [-0.15, -0.1) is 0 Å². The molecule has 0 saturated carbocycles. The SMILES string of the molecule is Cc1c(OCCCN(C)Cc2cccnc2)cccc1-c1cccc(OCCCN2CC[C@@H](O)C2)c1C. The van der Waals surface area contributed by atoms with Crippen LogP contribution in [0.25, 0.3) is 11.1 Å². The lowest BCUT2D eigenvalue weighted by Crippen LogP contribution is -2.24. The van der Waals surface area contributed by atoms with E-state index in [0.29, 0.717) is 13.2 Å². The van der Waals surface area contributed by atoms with Gasteiger partial charge in [0.15, 0.2) is 0 Å². The van der Waals surface area contributed by atoms with Crippen molar-refractivity contribution < 1.29 is 14.6 Å². The number of rotatable bonds is 13. The number of hydrogen-bond donors (Lipinski definition) is 1. The van der Waals surface area contributed by atoms with Crippen molar-refractivity contribution in [3.05, 3.63) is 77.6 Å². The van der Waals surface area contributed by atoms with E-state index >= 15 is 0 Å². The minimum absolute atomic E-state index is 0.165. The summed E-state index contributed by atoms with van der Waals surface area (Å²) < 4.78 is 12.4. The summed E-state index contributed by atoms with van der Waals surface area (Å²) in [4.78, 5) is 8.80. The Morgan fingerprint density at radius 2 is 1.62 bits per heavy atom. The van der Waals surface area contributed by atoms with E-state index in [-0.39, 0.29) is 6.10 Å². The van der Waals surface area contributed by atoms with E-state index in [1.165, 1.54) is 16.7 Å². The second kappa shape index (κ2) is 13.6. The molecule has 1 fully saturated rings. The van der Waals surface area contributed by atoms with E-state index < -0.39 is 0 Å². The molecule has 2 heterocycles. The van der Waals surface area contributed by atoms with Gasteiger partial charge < -0.3 is 24.4 Å². The smallest absolute Gasteiger partial charge is 0.122 e. The number of benzene rings is 2. The quantitative estimate of drug-likeness (QED) is 0.328. The Kier molecular flexibility index (Phi) is 9.94. The minimum atomic E-state index is -0.165. The summed E-state index contributed by atoms with van der Waals surface area (Å²) in [5, 5.41) is 9.70. The van der Waals surface area contributed by atoms with Crippen molar-refractivity contribution in [2.75, 3.05) is 46.4 Å². The Morgan fingerprint density at radius 3 is 2.22 bits per heavy atom. The van der Waals surface area contributed by atoms with Crippen LogP contribution in [0, 0.1) is 13.8 Å². The van der Waals surface area contributed by atoms with E-state index in [9.17, 15) is 5.11 Å². The van der Waals surface area contributed by atoms with Gasteiger partial charge in [-0.2, -0.15) is 0 Å². The number of hydrogen-bond acceptors (Lipinski definition) is 6. The van der Waals surface area contributed by atoms with Gasteiger partial charge in [0.2, 0.25) is 0 Å². The number of nitrogens with zero attached hydrogens (tertiary/aromatic N) is 3. The highest BCUT2D eigenvalue weighted by Gasteiger charge is 2.19. The zero-order valence-electron chi connectivity index (χ0n) is 22.5. The highest BCUT2D eigenvalue weighted by molar-refractivity contribution is 5.74. The van der Waals surface area contributed by atoms with Crippen LogP contribution in [-0.4, -0.2) is 72.4 Å². The minimum Gasteiger partial charge on any atom is -0.493 e. The fraction of sp³-hybridized carbons (Fsp3) is 0.452. The first kappa shape index (κ1) is 27.1. The number of pyridine rings is 1. The van der Waals surface area contributed by atoms with Crippen molar-refractivity contribution in [2.45, 2.75) is 45.8 Å². The van der Waals surface area contributed by atoms with Crippen LogP contribution in [0.4, 0.5) is 0 Å². The lowest BCUT2D eigenvalue weighted by atomic mass is 9.95. The maximum absolute atomic E-state index is 9.70. The second-order valence-corrected chi connectivity index (χ2v) is 10.1. The van der Waals surface area contributed by atoms with Crippen LogP contribution < -0.4 is 9.47 Å². The van der Waals surface area contributed by atoms with Gasteiger partial charge in [-0.3, -0.25) is 4.98 Å². The molecule has 0 bridgehead atoms. The Labute approximate surface area is 221 Å². The van der Waals surface area contributed by atoms with Crippen molar-refractivity contribution in [1.82, 2.24) is 14.8 Å². The maximum Gasteiger partial charge on any atom is 0.122 e. The van der Waals surface area contributed by atoms with Crippen molar-refractivity contribution in [3.63, 3.8) is 0 Å². The first-order chi connectivity index (χ1) is 18.0. The standard InChI is InChI=1S/C31H41N3O3/c1-24-28(10-4-12-30(24)36-19-7-16-33(3)22-26-9-6-15-32-21-26)29-11-5-13-31(25(29)2)37-20-8-17-34-18-14-27(35)23-34/h4-6,9-13,15,21,27,35H,7-8,14,16-20,22-23H2,1-3H3/t27-/m1/s1. The molecule has 4 rings (SSSR count). The summed E-state index contributed by atoms with van der Waals surface area (Å²) in [7, 11) is 2.13. The average Bonchev–Trinajstić information content (AvgIpc) is 3.32. The number of aliphatic hydroxyl groups excluding tert-OH is 1. The molecular weight excluding hydrogens is 462 g/mol. The molecule has 0 spiro atoms. The zero-order valence-corrected chi connectivity index (χ0v) is 22.5. The first-order valence-electron chi connectivity index (χ1n) is 13.4. The summed E-state index contributed by atoms with van der Waals surface area (Å²) in [6, 6.07) is 16.7. The lowest BCUT2D eigenvalue weighted by molar-refractivity contribution is 0.173. The third-order valence-corrected chi connectivity index (χ3v) is 7.10. The van der Waals surface area contributed by atoms with Crippen LogP contribution in [0.3, 0.4) is 0 Å². The highest BCUT2D eigenvalue weighted by Crippen LogP contribution is 2.35. The Balaban J connectivity index is 1.29. The Bertz CT molecular complexity index is 1120. The predicted molar refractivity (Wildman–Crippen MR) is 149 cm³/mol. The first-order valence-corrected chi connectivity index (χ1v) is 13.4. The van der Waals surface area contributed by atoms with E-state index in [1.54, 1.807) is 0 Å². The molecule has 6 nitrogen and oxygen atoms in total. The van der Waals surface area contributed by atoms with Gasteiger partial charge in [-0.1, -0.05) is 30.3 Å². The fourth-order valence-corrected chi connectivity index (χ4v) is 5.01. The van der Waals surface area contributed by atoms with Gasteiger partial charge in [0.05, 0.1) is 19.3 Å². The van der Waals surface area contributed by atoms with Gasteiger partial charge >= 0.3 is 0 Å². The van der Waals surface area contributed by atoms with Crippen LogP contribution in [0.15, 0.2) is 60.9 Å². The van der Waals surface area contributed by atoms with Gasteiger partial charge in [0, 0.05) is 45.1 Å². The molecule has 0 aliphatic carbocycles. The molecular formula is C31H41N3O3. The largest absolute Gasteiger partial charge is 0.493 e. The molecule has 0 radical (unpaired) electrons. The van der Waals surface area contributed by atoms with Gasteiger partial charge in [-0.25, -0.2) is 0 Å². The monoisotopic (exact) mass is 503 g/mol. The van der Waals surface area contributed by atoms with E-state index in [1.807, 2.05) is 18.5 Å². The molecule has 6 heteroatoms. The number of ether oxygens (including phenoxy) is 2. The third kappa shape index (κ3) is 7.78. The molecule has 0 unspecified atom stereocenters. The highest BCUT2D eigenvalue weighted by atomic mass is 16.5. The van der Waals surface area contributed by atoms with Crippen LogP contribution >= 0.6 is 0 Å². The van der Waals surface area contributed by atoms with E-state index in [2.05, 4.69) is 78.1 Å². The summed E-state index contributed by atoms with van der Waals surface area (Å²) >= 11 is 0. The summed E-state index contributed by atoms with van der Waals surface area (Å²) in [6.45, 7) is 10.2. The molecule has 1 aromatic heterocycles. The van der Waals surface area contributed by atoms with Crippen molar-refractivity contribution in [2.24, 2.45) is 0 Å². The van der Waals surface area contributed by atoms with E-state index in [4.69, 9.17) is 9.47 Å². The number of aliphatic hydroxyl groups is 1. The molecule has 1 N–H and O–H groups in total. The molecule has 1 aliphatic rings. The summed E-state index contributed by atoms with van der Waals surface area (Å²) in [5.74, 6) is 1.87. The molecule has 1 aliphatic heterocycles. The lowest BCUT2D eigenvalue weighted by Gasteiger charge is -2.19. The topological polar surface area (TPSA) is 58.1 Å². The number of likely N-dealkylation sites (tertiary alicyclic amines) is 1. The summed E-state index contributed by atoms with van der Waals surface area (Å²) in [5.41, 5.74) is 5.89. The van der Waals surface area contributed by atoms with Crippen molar-refractivity contribution in [1.29, 1.82) is 0 Å². The molecule has 2 aromatic carbocycles. The van der Waals surface area contributed by atoms with Gasteiger partial charge in [-0.05, 0) is 86.2 Å². The van der Waals surface area contributed by atoms with Crippen LogP contribution in [0.2, 0.25) is 0 Å². The number of aromatic nitrogens is 1. The fourth-order valence-electron chi connectivity index (χ4n) is 5.01. The van der Waals surface area contributed by atoms with Gasteiger partial charge in [0.1, 0.15) is 11.5 Å². The molecule has 0 amide bonds. The van der Waals surface area contributed by atoms with Crippen LogP contribution in [0.1, 0.15) is 36.0 Å². The molecule has 3 aromatic rings. The van der Waals surface area contributed by atoms with Crippen molar-refractivity contribution in [3.8, 4) is 22.6 Å². The van der Waals surface area contributed by atoms with E-state index in [0.717, 1.165) is 74.6 Å². The molecule has 1 atom stereocenters. The maximum atomic E-state index is 9.70. The van der Waals surface area contributed by atoms with Gasteiger partial charge in [0.25, 0.3) is 0 Å². The Hall–Kier alpha value is -2.93. The van der Waals surface area contributed by atoms with Crippen LogP contribution in [0.5, 0.6) is 11.5 Å². The normalized spacial score (nSPS) is 15.9. The second-order valence-electron chi connectivity index (χ2n) is 10.1. The molecule has 198 valence electrons. The summed E-state index contributed by atoms with van der Waals surface area (Å²) in [6.07, 6.45) is 6.36. The molecule has 1 saturated heterocycles. The Morgan fingerprint density at radius 1 is 0.946 bits per heavy atom. The third-order valence-electron chi connectivity index (χ3n) is 7.10. The van der Waals surface area contributed by atoms with Crippen LogP contribution in [-0.2, 0) is 6.54 Å². The average molecular weight is 504 g/mol. The predicted octanol–water partition coefficient (Wildman–Crippen LogP) is 5.10. The van der Waals surface area contributed by atoms with Crippen molar-refractivity contribution >= 4 is 0 Å².